The molecule has 0 N–H and O–H groups in total. The zero-order valence-electron chi connectivity index (χ0n) is 14.6. The summed E-state index contributed by atoms with van der Waals surface area (Å²) < 4.78 is 26.2. The molecular weight excluding hydrogens is 343 g/mol. The molecule has 0 aliphatic heterocycles. The summed E-state index contributed by atoms with van der Waals surface area (Å²) in [6, 6.07) is 8.05. The molecule has 25 heavy (non-hydrogen) atoms. The van der Waals surface area contributed by atoms with E-state index in [1.807, 2.05) is 6.07 Å². The van der Waals surface area contributed by atoms with Gasteiger partial charge in [-0.1, -0.05) is 0 Å². The van der Waals surface area contributed by atoms with Crippen molar-refractivity contribution in [1.82, 2.24) is 9.55 Å². The zero-order valence-corrected chi connectivity index (χ0v) is 15.4. The van der Waals surface area contributed by atoms with E-state index < -0.39 is 0 Å². The van der Waals surface area contributed by atoms with Crippen LogP contribution in [0.1, 0.15) is 17.0 Å². The maximum atomic E-state index is 13.0. The largest absolute Gasteiger partial charge is 0.487 e. The number of benzene rings is 1. The third-order valence-electron chi connectivity index (χ3n) is 4.33. The van der Waals surface area contributed by atoms with Crippen LogP contribution < -0.4 is 4.74 Å². The number of ether oxygens (including phenoxy) is 2. The molecule has 6 heteroatoms. The first-order valence-corrected chi connectivity index (χ1v) is 7.92. The highest BCUT2D eigenvalue weighted by atomic mass is 35.5. The molecule has 3 rings (SSSR count). The first kappa shape index (κ1) is 19.2. The highest BCUT2D eigenvalue weighted by molar-refractivity contribution is 5.86. The number of aromatic nitrogens is 2. The van der Waals surface area contributed by atoms with Crippen molar-refractivity contribution in [3.8, 4) is 5.75 Å². The van der Waals surface area contributed by atoms with Crippen molar-refractivity contribution in [3.63, 3.8) is 0 Å². The molecule has 1 aromatic carbocycles. The summed E-state index contributed by atoms with van der Waals surface area (Å²) in [5, 5.41) is 1.18. The Balaban J connectivity index is 0.00000225. The van der Waals surface area contributed by atoms with Crippen LogP contribution in [0.2, 0.25) is 0 Å². The number of fused-ring (bicyclic) bond motifs is 1. The van der Waals surface area contributed by atoms with Gasteiger partial charge in [-0.25, -0.2) is 4.39 Å². The summed E-state index contributed by atoms with van der Waals surface area (Å²) in [6.07, 6.45) is 1.80. The summed E-state index contributed by atoms with van der Waals surface area (Å²) in [6.45, 7) is 5.96. The number of halogens is 2. The average Bonchev–Trinajstić information content (AvgIpc) is 2.84. The lowest BCUT2D eigenvalue weighted by molar-refractivity contribution is 0.187. The molecule has 0 atom stereocenters. The molecule has 0 fully saturated rings. The van der Waals surface area contributed by atoms with Crippen LogP contribution in [0.5, 0.6) is 5.75 Å². The van der Waals surface area contributed by atoms with Crippen molar-refractivity contribution in [2.24, 2.45) is 0 Å². The van der Waals surface area contributed by atoms with Crippen LogP contribution in [0.25, 0.3) is 10.9 Å². The molecule has 4 nitrogen and oxygen atoms in total. The van der Waals surface area contributed by atoms with Crippen molar-refractivity contribution < 1.29 is 13.9 Å². The summed E-state index contributed by atoms with van der Waals surface area (Å²) in [5.74, 6) is 0.348. The molecule has 0 radical (unpaired) electrons. The van der Waals surface area contributed by atoms with Crippen LogP contribution in [0.4, 0.5) is 4.39 Å². The Labute approximate surface area is 153 Å². The van der Waals surface area contributed by atoms with Crippen molar-refractivity contribution in [1.29, 1.82) is 0 Å². The van der Waals surface area contributed by atoms with E-state index in [1.165, 1.54) is 28.8 Å². The number of methoxy groups -OCH3 is 1. The Morgan fingerprint density at radius 1 is 1.12 bits per heavy atom. The van der Waals surface area contributed by atoms with E-state index in [9.17, 15) is 4.39 Å². The fourth-order valence-electron chi connectivity index (χ4n) is 2.92. The van der Waals surface area contributed by atoms with Gasteiger partial charge in [0.05, 0.1) is 12.1 Å². The molecular formula is C19H22ClFN2O2. The van der Waals surface area contributed by atoms with E-state index in [4.69, 9.17) is 9.47 Å². The first-order chi connectivity index (χ1) is 11.6. The van der Waals surface area contributed by atoms with Crippen molar-refractivity contribution in [2.75, 3.05) is 13.7 Å². The van der Waals surface area contributed by atoms with Crippen LogP contribution in [-0.2, 0) is 17.9 Å². The minimum atomic E-state index is -0.276. The lowest BCUT2D eigenvalue weighted by atomic mass is 10.2. The highest BCUT2D eigenvalue weighted by Gasteiger charge is 2.15. The molecule has 0 saturated heterocycles. The molecule has 0 bridgehead atoms. The molecule has 134 valence electrons. The predicted octanol–water partition coefficient (Wildman–Crippen LogP) is 4.44. The second kappa shape index (κ2) is 8.32. The smallest absolute Gasteiger partial charge is 0.132 e. The number of aryl methyl sites for hydroxylation is 1. The van der Waals surface area contributed by atoms with Gasteiger partial charge in [0.15, 0.2) is 0 Å². The SMILES string of the molecule is COCCn1c(C)c(C)c2ccnc(COc3ccc(F)cc3)c21.Cl. The van der Waals surface area contributed by atoms with Gasteiger partial charge < -0.3 is 14.0 Å². The van der Waals surface area contributed by atoms with Gasteiger partial charge in [0.1, 0.15) is 23.9 Å². The second-order valence-electron chi connectivity index (χ2n) is 5.75. The molecule has 2 heterocycles. The second-order valence-corrected chi connectivity index (χ2v) is 5.75. The molecule has 0 aliphatic carbocycles. The molecule has 0 aliphatic rings. The van der Waals surface area contributed by atoms with Gasteiger partial charge in [-0.2, -0.15) is 0 Å². The van der Waals surface area contributed by atoms with Crippen LogP contribution in [0.3, 0.4) is 0 Å². The van der Waals surface area contributed by atoms with E-state index in [-0.39, 0.29) is 18.2 Å². The van der Waals surface area contributed by atoms with Crippen LogP contribution in [0, 0.1) is 19.7 Å². The quantitative estimate of drug-likeness (QED) is 0.648. The summed E-state index contributed by atoms with van der Waals surface area (Å²) >= 11 is 0. The van der Waals surface area contributed by atoms with E-state index in [0.29, 0.717) is 19.0 Å². The maximum Gasteiger partial charge on any atom is 0.132 e. The minimum absolute atomic E-state index is 0. The Morgan fingerprint density at radius 3 is 2.52 bits per heavy atom. The third kappa shape index (κ3) is 3.94. The van der Waals surface area contributed by atoms with Gasteiger partial charge >= 0.3 is 0 Å². The van der Waals surface area contributed by atoms with E-state index >= 15 is 0 Å². The number of pyridine rings is 1. The fraction of sp³-hybridized carbons (Fsp3) is 0.316. The van der Waals surface area contributed by atoms with Gasteiger partial charge in [-0.15, -0.1) is 12.4 Å². The van der Waals surface area contributed by atoms with Gasteiger partial charge in [0, 0.05) is 30.9 Å². The Bertz CT molecular complexity index is 847. The highest BCUT2D eigenvalue weighted by Crippen LogP contribution is 2.27. The fourth-order valence-corrected chi connectivity index (χ4v) is 2.92. The molecule has 2 aromatic heterocycles. The summed E-state index contributed by atoms with van der Waals surface area (Å²) in [5.41, 5.74) is 4.39. The topological polar surface area (TPSA) is 36.3 Å². The Kier molecular flexibility index (Phi) is 6.39. The minimum Gasteiger partial charge on any atom is -0.487 e. The Hall–Kier alpha value is -2.11. The van der Waals surface area contributed by atoms with Crippen molar-refractivity contribution in [2.45, 2.75) is 27.0 Å². The molecule has 0 amide bonds. The van der Waals surface area contributed by atoms with Gasteiger partial charge in [0.25, 0.3) is 0 Å². The molecule has 0 saturated carbocycles. The normalized spacial score (nSPS) is 10.7. The van der Waals surface area contributed by atoms with E-state index in [1.54, 1.807) is 25.4 Å². The summed E-state index contributed by atoms with van der Waals surface area (Å²) in [4.78, 5) is 4.50. The average molecular weight is 365 g/mol. The first-order valence-electron chi connectivity index (χ1n) is 7.92. The van der Waals surface area contributed by atoms with Crippen molar-refractivity contribution >= 4 is 23.3 Å². The van der Waals surface area contributed by atoms with E-state index in [2.05, 4.69) is 23.4 Å². The van der Waals surface area contributed by atoms with Crippen LogP contribution >= 0.6 is 12.4 Å². The zero-order chi connectivity index (χ0) is 17.1. The lowest BCUT2D eigenvalue weighted by Gasteiger charge is -2.11. The molecule has 0 spiro atoms. The van der Waals surface area contributed by atoms with E-state index in [0.717, 1.165) is 17.8 Å². The molecule has 0 unspecified atom stereocenters. The number of rotatable bonds is 6. The number of hydrogen-bond donors (Lipinski definition) is 0. The van der Waals surface area contributed by atoms with Crippen LogP contribution in [-0.4, -0.2) is 23.3 Å². The van der Waals surface area contributed by atoms with Crippen LogP contribution in [0.15, 0.2) is 36.5 Å². The van der Waals surface area contributed by atoms with Gasteiger partial charge in [0.2, 0.25) is 0 Å². The lowest BCUT2D eigenvalue weighted by Crippen LogP contribution is -2.09. The summed E-state index contributed by atoms with van der Waals surface area (Å²) in [7, 11) is 1.70. The predicted molar refractivity (Wildman–Crippen MR) is 99.1 cm³/mol. The monoisotopic (exact) mass is 364 g/mol. The van der Waals surface area contributed by atoms with Gasteiger partial charge in [-0.05, 0) is 49.7 Å². The Morgan fingerprint density at radius 2 is 1.84 bits per heavy atom. The molecule has 3 aromatic rings. The standard InChI is InChI=1S/C19H21FN2O2.ClH/c1-13-14(2)22(10-11-23-3)19-17(13)8-9-21-18(19)12-24-16-6-4-15(20)5-7-16;/h4-9H,10-12H2,1-3H3;1H. The number of nitrogens with zero attached hydrogens (tertiary/aromatic N) is 2. The third-order valence-corrected chi connectivity index (χ3v) is 4.33. The number of hydrogen-bond acceptors (Lipinski definition) is 3. The van der Waals surface area contributed by atoms with Crippen molar-refractivity contribution in [3.05, 3.63) is 59.3 Å². The maximum absolute atomic E-state index is 13.0. The van der Waals surface area contributed by atoms with Gasteiger partial charge in [-0.3, -0.25) is 4.98 Å².